The van der Waals surface area contributed by atoms with Crippen molar-refractivity contribution < 1.29 is 91.5 Å². The Bertz CT molecular complexity index is 640. The monoisotopic (exact) mass is 550 g/mol. The molecule has 0 aromatic heterocycles. The molecule has 7 nitrogen and oxygen atoms in total. The molecule has 202 valence electrons. The van der Waals surface area contributed by atoms with Gasteiger partial charge in [-0.25, -0.2) is 8.42 Å². The number of carbonyl (C=O) groups excluding carboxylic acids is 2. The molecule has 0 saturated carbocycles. The van der Waals surface area contributed by atoms with Crippen molar-refractivity contribution in [3.63, 3.8) is 0 Å². The SMILES string of the molecule is CC/C=C/CCCCCCCC(=O)OC(CC)C(CC)S(=O)(=O)[O-].CCCCCCCC(=O)[O-].[Na+].[Na+]. The molecule has 0 saturated heterocycles. The second-order valence-electron chi connectivity index (χ2n) is 8.60. The zero-order valence-corrected chi connectivity index (χ0v) is 28.7. The number of carbonyl (C=O) groups is 2. The third-order valence-corrected chi connectivity index (χ3v) is 6.89. The molecule has 2 atom stereocenters. The van der Waals surface area contributed by atoms with Crippen molar-refractivity contribution in [3.8, 4) is 0 Å². The summed E-state index contributed by atoms with van der Waals surface area (Å²) in [6.45, 7) is 7.59. The molecule has 0 rings (SSSR count). The van der Waals surface area contributed by atoms with E-state index in [1.54, 1.807) is 13.8 Å². The smallest absolute Gasteiger partial charge is 0.748 e. The van der Waals surface area contributed by atoms with Gasteiger partial charge in [-0.15, -0.1) is 0 Å². The number of hydrogen-bond donors (Lipinski definition) is 0. The number of allylic oxidation sites excluding steroid dienone is 2. The third-order valence-electron chi connectivity index (χ3n) is 5.51. The van der Waals surface area contributed by atoms with Crippen LogP contribution in [0.1, 0.15) is 130 Å². The summed E-state index contributed by atoms with van der Waals surface area (Å²) in [7, 11) is -4.45. The van der Waals surface area contributed by atoms with Crippen LogP contribution < -0.4 is 64.2 Å². The van der Waals surface area contributed by atoms with Crippen LogP contribution in [0, 0.1) is 0 Å². The Labute approximate surface area is 265 Å². The third kappa shape index (κ3) is 29.2. The fraction of sp³-hybridized carbons (Fsp3) is 0.846. The second-order valence-corrected chi connectivity index (χ2v) is 10.2. The van der Waals surface area contributed by atoms with Gasteiger partial charge in [-0.05, 0) is 51.4 Å². The van der Waals surface area contributed by atoms with Gasteiger partial charge in [0.25, 0.3) is 0 Å². The van der Waals surface area contributed by atoms with Gasteiger partial charge >= 0.3 is 65.1 Å². The zero-order valence-electron chi connectivity index (χ0n) is 23.9. The molecule has 0 fully saturated rings. The first-order valence-corrected chi connectivity index (χ1v) is 14.6. The van der Waals surface area contributed by atoms with E-state index in [0.717, 1.165) is 57.8 Å². The van der Waals surface area contributed by atoms with Crippen LogP contribution in [0.15, 0.2) is 12.2 Å². The second kappa shape index (κ2) is 30.1. The summed E-state index contributed by atoms with van der Waals surface area (Å²) in [5.74, 6) is -1.33. The molecule has 0 N–H and O–H groups in total. The van der Waals surface area contributed by atoms with Crippen LogP contribution >= 0.6 is 0 Å². The summed E-state index contributed by atoms with van der Waals surface area (Å²) in [6.07, 6.45) is 17.2. The van der Waals surface area contributed by atoms with Crippen molar-refractivity contribution >= 4 is 22.1 Å². The molecule has 0 aromatic carbocycles. The zero-order chi connectivity index (χ0) is 26.2. The standard InChI is InChI=1S/C18H34O5S.C8H16O2.2Na/c1-4-7-8-9-10-11-12-13-14-15-18(19)23-16(5-2)17(6-3)24(20,21)22;1-2-3-4-5-6-7-8(9)10;;/h7-8,16-17H,4-6,9-15H2,1-3H3,(H,20,21,22);2-7H2,1H3,(H,9,10);;/q;;2*+1/p-2/b8-7+;;;. The van der Waals surface area contributed by atoms with Gasteiger partial charge in [0.1, 0.15) is 16.2 Å². The van der Waals surface area contributed by atoms with Crippen molar-refractivity contribution in [3.05, 3.63) is 12.2 Å². The minimum atomic E-state index is -4.45. The summed E-state index contributed by atoms with van der Waals surface area (Å²) < 4.78 is 38.9. The number of ether oxygens (including phenoxy) is 1. The quantitative estimate of drug-likeness (QED) is 0.0654. The van der Waals surface area contributed by atoms with Crippen molar-refractivity contribution in [2.45, 2.75) is 142 Å². The molecule has 0 heterocycles. The number of aliphatic carboxylic acids is 1. The summed E-state index contributed by atoms with van der Waals surface area (Å²) in [5.41, 5.74) is 0. The van der Waals surface area contributed by atoms with Gasteiger partial charge in [0.15, 0.2) is 0 Å². The minimum absolute atomic E-state index is 0. The number of carboxylic acids is 1. The van der Waals surface area contributed by atoms with Crippen LogP contribution in [0.3, 0.4) is 0 Å². The van der Waals surface area contributed by atoms with Gasteiger partial charge in [0, 0.05) is 12.4 Å². The predicted molar refractivity (Wildman–Crippen MR) is 134 cm³/mol. The average molecular weight is 551 g/mol. The van der Waals surface area contributed by atoms with Gasteiger partial charge in [-0.2, -0.15) is 0 Å². The summed E-state index contributed by atoms with van der Waals surface area (Å²) in [4.78, 5) is 21.8. The molecule has 0 aliphatic carbocycles. The van der Waals surface area contributed by atoms with E-state index < -0.39 is 33.4 Å². The number of unbranched alkanes of at least 4 members (excludes halogenated alkanes) is 9. The summed E-state index contributed by atoms with van der Waals surface area (Å²) in [5, 5.41) is 8.77. The fourth-order valence-corrected chi connectivity index (χ4v) is 4.55. The van der Waals surface area contributed by atoms with Crippen LogP contribution in [-0.2, 0) is 24.4 Å². The number of esters is 1. The van der Waals surface area contributed by atoms with E-state index in [1.165, 1.54) is 19.3 Å². The minimum Gasteiger partial charge on any atom is -0.748 e. The molecule has 0 bridgehead atoms. The molecule has 0 spiro atoms. The first-order valence-electron chi connectivity index (χ1n) is 13.1. The fourth-order valence-electron chi connectivity index (χ4n) is 3.52. The van der Waals surface area contributed by atoms with E-state index in [-0.39, 0.29) is 78.4 Å². The van der Waals surface area contributed by atoms with Gasteiger partial charge < -0.3 is 19.2 Å². The van der Waals surface area contributed by atoms with Gasteiger partial charge in [0.05, 0.1) is 5.25 Å². The van der Waals surface area contributed by atoms with E-state index in [4.69, 9.17) is 4.74 Å². The maximum absolute atomic E-state index is 11.8. The maximum atomic E-state index is 11.8. The van der Waals surface area contributed by atoms with E-state index in [2.05, 4.69) is 26.0 Å². The van der Waals surface area contributed by atoms with Gasteiger partial charge in [-0.1, -0.05) is 84.8 Å². The Morgan fingerprint density at radius 2 is 1.31 bits per heavy atom. The van der Waals surface area contributed by atoms with Crippen LogP contribution in [0.25, 0.3) is 0 Å². The molecule has 36 heavy (non-hydrogen) atoms. The largest absolute Gasteiger partial charge is 1.00 e. The number of rotatable bonds is 20. The molecule has 0 radical (unpaired) electrons. The van der Waals surface area contributed by atoms with Gasteiger partial charge in [-0.3, -0.25) is 4.79 Å². The Balaban J connectivity index is -0.000000362. The molecule has 10 heteroatoms. The molecular formula is C26H48Na2O7S. The Hall–Kier alpha value is 0.590. The molecule has 0 aliphatic rings. The number of carboxylic acid groups (broad SMARTS) is 1. The van der Waals surface area contributed by atoms with Crippen LogP contribution in [0.2, 0.25) is 0 Å². The molecular weight excluding hydrogens is 502 g/mol. The van der Waals surface area contributed by atoms with Crippen molar-refractivity contribution in [2.24, 2.45) is 0 Å². The maximum Gasteiger partial charge on any atom is 1.00 e. The Kier molecular flexibility index (Phi) is 36.5. The molecule has 0 aliphatic heterocycles. The number of hydrogen-bond acceptors (Lipinski definition) is 7. The molecule has 2 unspecified atom stereocenters. The Morgan fingerprint density at radius 3 is 1.78 bits per heavy atom. The van der Waals surface area contributed by atoms with E-state index in [9.17, 15) is 27.7 Å². The van der Waals surface area contributed by atoms with E-state index in [1.807, 2.05) is 0 Å². The van der Waals surface area contributed by atoms with Crippen LogP contribution in [-0.4, -0.2) is 36.3 Å². The average Bonchev–Trinajstić information content (AvgIpc) is 2.77. The Morgan fingerprint density at radius 1 is 0.778 bits per heavy atom. The van der Waals surface area contributed by atoms with Gasteiger partial charge in [0.2, 0.25) is 0 Å². The van der Waals surface area contributed by atoms with E-state index >= 15 is 0 Å². The first kappa shape index (κ1) is 43.6. The topological polar surface area (TPSA) is 124 Å². The van der Waals surface area contributed by atoms with E-state index in [0.29, 0.717) is 6.42 Å². The normalized spacial score (nSPS) is 12.5. The first-order chi connectivity index (χ1) is 16.1. The van der Waals surface area contributed by atoms with Crippen molar-refractivity contribution in [2.75, 3.05) is 0 Å². The van der Waals surface area contributed by atoms with Crippen LogP contribution in [0.5, 0.6) is 0 Å². The van der Waals surface area contributed by atoms with Crippen molar-refractivity contribution in [1.82, 2.24) is 0 Å². The summed E-state index contributed by atoms with van der Waals surface area (Å²) >= 11 is 0. The van der Waals surface area contributed by atoms with Crippen molar-refractivity contribution in [1.29, 1.82) is 0 Å². The summed E-state index contributed by atoms with van der Waals surface area (Å²) in [6, 6.07) is 0. The van der Waals surface area contributed by atoms with Crippen LogP contribution in [0.4, 0.5) is 0 Å². The molecule has 0 aromatic rings. The molecule has 0 amide bonds. The predicted octanol–water partition coefficient (Wildman–Crippen LogP) is -0.566.